The lowest BCUT2D eigenvalue weighted by atomic mass is 9.86. The molecule has 2 aromatic rings. The van der Waals surface area contributed by atoms with Gasteiger partial charge >= 0.3 is 0 Å². The van der Waals surface area contributed by atoms with Crippen molar-refractivity contribution < 1.29 is 4.79 Å². The number of rotatable bonds is 2. The Kier molecular flexibility index (Phi) is 3.02. The molecule has 0 saturated carbocycles. The van der Waals surface area contributed by atoms with Crippen LogP contribution in [0.2, 0.25) is 0 Å². The van der Waals surface area contributed by atoms with Gasteiger partial charge in [0.1, 0.15) is 0 Å². The minimum absolute atomic E-state index is 0.318. The van der Waals surface area contributed by atoms with Crippen LogP contribution in [0.5, 0.6) is 0 Å². The highest BCUT2D eigenvalue weighted by atomic mass is 16.1. The van der Waals surface area contributed by atoms with Crippen LogP contribution >= 0.6 is 0 Å². The number of carbonyl (C=O) groups excluding carboxylic acids is 1. The molecule has 0 aliphatic heterocycles. The molecular formula is C17H19NO. The second kappa shape index (κ2) is 4.69. The van der Waals surface area contributed by atoms with Gasteiger partial charge in [-0.05, 0) is 55.9 Å². The largest absolute Gasteiger partial charge is 0.338 e. The Bertz CT molecular complexity index is 624. The van der Waals surface area contributed by atoms with Gasteiger partial charge in [-0.1, -0.05) is 23.8 Å². The van der Waals surface area contributed by atoms with Crippen LogP contribution in [0.1, 0.15) is 51.6 Å². The van der Waals surface area contributed by atoms with Gasteiger partial charge in [0, 0.05) is 6.20 Å². The zero-order valence-corrected chi connectivity index (χ0v) is 11.5. The zero-order valence-electron chi connectivity index (χ0n) is 11.5. The summed E-state index contributed by atoms with van der Waals surface area (Å²) in [4.78, 5) is 11.2. The highest BCUT2D eigenvalue weighted by Crippen LogP contribution is 2.34. The van der Waals surface area contributed by atoms with E-state index in [1.54, 1.807) is 0 Å². The molecule has 0 amide bonds. The second-order valence-corrected chi connectivity index (χ2v) is 5.58. The van der Waals surface area contributed by atoms with E-state index in [1.165, 1.54) is 23.1 Å². The summed E-state index contributed by atoms with van der Waals surface area (Å²) in [5.74, 6) is 0. The zero-order chi connectivity index (χ0) is 13.4. The third-order valence-electron chi connectivity index (χ3n) is 4.05. The van der Waals surface area contributed by atoms with Gasteiger partial charge in [-0.3, -0.25) is 4.79 Å². The molecule has 0 spiro atoms. The van der Waals surface area contributed by atoms with Crippen molar-refractivity contribution in [3.05, 3.63) is 58.4 Å². The average Bonchev–Trinajstić information content (AvgIpc) is 2.78. The Morgan fingerprint density at radius 3 is 2.84 bits per heavy atom. The summed E-state index contributed by atoms with van der Waals surface area (Å²) < 4.78 is 2.15. The highest BCUT2D eigenvalue weighted by molar-refractivity contribution is 5.73. The van der Waals surface area contributed by atoms with E-state index < -0.39 is 0 Å². The van der Waals surface area contributed by atoms with Crippen molar-refractivity contribution >= 4 is 6.29 Å². The fraction of sp³-hybridized carbons (Fsp3) is 0.353. The molecule has 0 fully saturated rings. The maximum atomic E-state index is 11.2. The number of fused-ring (bicyclic) bond motifs is 1. The molecule has 19 heavy (non-hydrogen) atoms. The van der Waals surface area contributed by atoms with E-state index in [-0.39, 0.29) is 0 Å². The molecule has 2 nitrogen and oxygen atoms in total. The van der Waals surface area contributed by atoms with E-state index >= 15 is 0 Å². The molecule has 1 aliphatic rings. The first-order valence-corrected chi connectivity index (χ1v) is 6.92. The molecule has 1 heterocycles. The van der Waals surface area contributed by atoms with Crippen molar-refractivity contribution in [1.82, 2.24) is 4.57 Å². The molecule has 98 valence electrons. The Labute approximate surface area is 114 Å². The molecule has 0 radical (unpaired) electrons. The summed E-state index contributed by atoms with van der Waals surface area (Å²) in [5.41, 5.74) is 6.09. The van der Waals surface area contributed by atoms with Crippen molar-refractivity contribution in [2.45, 2.75) is 39.2 Å². The lowest BCUT2D eigenvalue weighted by molar-refractivity contribution is 0.111. The summed E-state index contributed by atoms with van der Waals surface area (Å²) in [5, 5.41) is 0. The van der Waals surface area contributed by atoms with E-state index in [0.29, 0.717) is 6.04 Å². The Hall–Kier alpha value is -1.83. The first kappa shape index (κ1) is 12.2. The van der Waals surface area contributed by atoms with Crippen LogP contribution in [0.25, 0.3) is 0 Å². The van der Waals surface area contributed by atoms with Gasteiger partial charge in [-0.2, -0.15) is 0 Å². The number of carbonyl (C=O) groups is 1. The van der Waals surface area contributed by atoms with Gasteiger partial charge in [0.25, 0.3) is 0 Å². The number of benzene rings is 1. The fourth-order valence-corrected chi connectivity index (χ4v) is 3.21. The monoisotopic (exact) mass is 253 g/mol. The number of hydrogen-bond donors (Lipinski definition) is 0. The predicted octanol–water partition coefficient (Wildman–Crippen LogP) is 3.84. The summed E-state index contributed by atoms with van der Waals surface area (Å²) >= 11 is 0. The van der Waals surface area contributed by atoms with Crippen LogP contribution in [0.3, 0.4) is 0 Å². The maximum Gasteiger partial charge on any atom is 0.166 e. The number of nitrogens with zero attached hydrogens (tertiary/aromatic N) is 1. The second-order valence-electron chi connectivity index (χ2n) is 5.58. The van der Waals surface area contributed by atoms with Gasteiger partial charge in [0.2, 0.25) is 0 Å². The molecule has 2 heteroatoms. The Morgan fingerprint density at radius 1 is 1.21 bits per heavy atom. The molecule has 0 bridgehead atoms. The normalized spacial score (nSPS) is 18.1. The highest BCUT2D eigenvalue weighted by Gasteiger charge is 2.23. The van der Waals surface area contributed by atoms with Crippen molar-refractivity contribution in [3.8, 4) is 0 Å². The fourth-order valence-electron chi connectivity index (χ4n) is 3.21. The van der Waals surface area contributed by atoms with Gasteiger partial charge in [-0.15, -0.1) is 0 Å². The summed E-state index contributed by atoms with van der Waals surface area (Å²) in [6.45, 7) is 4.18. The van der Waals surface area contributed by atoms with Crippen molar-refractivity contribution in [2.75, 3.05) is 0 Å². The topological polar surface area (TPSA) is 22.0 Å². The van der Waals surface area contributed by atoms with Crippen LogP contribution in [-0.2, 0) is 6.42 Å². The van der Waals surface area contributed by atoms with E-state index in [1.807, 2.05) is 13.0 Å². The molecular weight excluding hydrogens is 234 g/mol. The minimum Gasteiger partial charge on any atom is -0.338 e. The summed E-state index contributed by atoms with van der Waals surface area (Å²) in [6, 6.07) is 8.98. The molecule has 1 aliphatic carbocycles. The molecule has 1 aromatic heterocycles. The smallest absolute Gasteiger partial charge is 0.166 e. The standard InChI is InChI=1S/C17H19NO/c1-12-6-7-16-14(8-12)4-3-5-17(16)18-10-13(2)9-15(18)11-19/h6-11,17H,3-5H2,1-2H3. The number of aromatic nitrogens is 1. The quantitative estimate of drug-likeness (QED) is 0.745. The first-order valence-electron chi connectivity index (χ1n) is 6.92. The molecule has 0 saturated heterocycles. The van der Waals surface area contributed by atoms with Crippen LogP contribution in [0.4, 0.5) is 0 Å². The molecule has 3 rings (SSSR count). The average molecular weight is 253 g/mol. The number of aldehydes is 1. The molecule has 1 atom stereocenters. The van der Waals surface area contributed by atoms with Crippen LogP contribution in [-0.4, -0.2) is 10.9 Å². The molecule has 1 unspecified atom stereocenters. The van der Waals surface area contributed by atoms with Gasteiger partial charge in [0.05, 0.1) is 11.7 Å². The van der Waals surface area contributed by atoms with E-state index in [2.05, 4.69) is 35.9 Å². The summed E-state index contributed by atoms with van der Waals surface area (Å²) in [7, 11) is 0. The lowest BCUT2D eigenvalue weighted by Gasteiger charge is -2.28. The Morgan fingerprint density at radius 2 is 2.05 bits per heavy atom. The number of hydrogen-bond acceptors (Lipinski definition) is 1. The maximum absolute atomic E-state index is 11.2. The third kappa shape index (κ3) is 2.12. The van der Waals surface area contributed by atoms with Gasteiger partial charge < -0.3 is 4.57 Å². The van der Waals surface area contributed by atoms with Crippen LogP contribution < -0.4 is 0 Å². The van der Waals surface area contributed by atoms with Crippen molar-refractivity contribution in [2.24, 2.45) is 0 Å². The van der Waals surface area contributed by atoms with Crippen molar-refractivity contribution in [3.63, 3.8) is 0 Å². The van der Waals surface area contributed by atoms with E-state index in [4.69, 9.17) is 0 Å². The van der Waals surface area contributed by atoms with Crippen LogP contribution in [0, 0.1) is 13.8 Å². The first-order chi connectivity index (χ1) is 9.19. The van der Waals surface area contributed by atoms with Crippen molar-refractivity contribution in [1.29, 1.82) is 0 Å². The summed E-state index contributed by atoms with van der Waals surface area (Å²) in [6.07, 6.45) is 6.53. The molecule has 1 aromatic carbocycles. The molecule has 0 N–H and O–H groups in total. The SMILES string of the molecule is Cc1ccc2c(c1)CCCC2n1cc(C)cc1C=O. The predicted molar refractivity (Wildman–Crippen MR) is 76.8 cm³/mol. The van der Waals surface area contributed by atoms with Gasteiger partial charge in [-0.25, -0.2) is 0 Å². The van der Waals surface area contributed by atoms with E-state index in [0.717, 1.165) is 30.4 Å². The number of aryl methyl sites for hydroxylation is 3. The Balaban J connectivity index is 2.10. The lowest BCUT2D eigenvalue weighted by Crippen LogP contribution is -2.18. The minimum atomic E-state index is 0.318. The van der Waals surface area contributed by atoms with Gasteiger partial charge in [0.15, 0.2) is 6.29 Å². The van der Waals surface area contributed by atoms with E-state index in [9.17, 15) is 4.79 Å². The third-order valence-corrected chi connectivity index (χ3v) is 4.05. The van der Waals surface area contributed by atoms with Crippen LogP contribution in [0.15, 0.2) is 30.5 Å².